The van der Waals surface area contributed by atoms with Crippen molar-refractivity contribution in [3.05, 3.63) is 0 Å². The van der Waals surface area contributed by atoms with Crippen molar-refractivity contribution in [3.63, 3.8) is 0 Å². The summed E-state index contributed by atoms with van der Waals surface area (Å²) in [4.78, 5) is 13.6. The molecule has 1 N–H and O–H groups in total. The summed E-state index contributed by atoms with van der Waals surface area (Å²) in [5, 5.41) is 9.34. The lowest BCUT2D eigenvalue weighted by Crippen LogP contribution is -2.41. The van der Waals surface area contributed by atoms with Crippen LogP contribution in [0.4, 0.5) is 0 Å². The minimum Gasteiger partial charge on any atom is -0.469 e. The number of rotatable bonds is 4. The van der Waals surface area contributed by atoms with Gasteiger partial charge in [-0.05, 0) is 19.4 Å². The molecule has 0 aliphatic carbocycles. The fourth-order valence-electron chi connectivity index (χ4n) is 2.31. The first-order valence-electron chi connectivity index (χ1n) is 6.11. The Morgan fingerprint density at radius 1 is 1.50 bits per heavy atom. The molecule has 0 aromatic rings. The summed E-state index contributed by atoms with van der Waals surface area (Å²) in [5.74, 6) is -0.280. The Balaban J connectivity index is 2.50. The molecule has 16 heavy (non-hydrogen) atoms. The van der Waals surface area contributed by atoms with Crippen LogP contribution in [-0.4, -0.2) is 48.8 Å². The fraction of sp³-hybridized carbons (Fsp3) is 0.917. The lowest BCUT2D eigenvalue weighted by Gasteiger charge is -2.30. The number of hydrogen-bond donors (Lipinski definition) is 1. The highest BCUT2D eigenvalue weighted by atomic mass is 16.5. The highest BCUT2D eigenvalue weighted by molar-refractivity contribution is 5.72. The number of aliphatic hydroxyl groups excluding tert-OH is 1. The maximum Gasteiger partial charge on any atom is 0.309 e. The summed E-state index contributed by atoms with van der Waals surface area (Å²) in [7, 11) is 1.42. The van der Waals surface area contributed by atoms with Gasteiger partial charge in [0.1, 0.15) is 0 Å². The second kappa shape index (κ2) is 6.86. The number of ether oxygens (including phenoxy) is 1. The number of esters is 1. The highest BCUT2D eigenvalue weighted by Gasteiger charge is 2.24. The van der Waals surface area contributed by atoms with E-state index in [4.69, 9.17) is 4.74 Å². The molecule has 0 saturated carbocycles. The van der Waals surface area contributed by atoms with Crippen LogP contribution in [0.2, 0.25) is 0 Å². The summed E-state index contributed by atoms with van der Waals surface area (Å²) in [6.07, 6.45) is 4.59. The van der Waals surface area contributed by atoms with E-state index in [-0.39, 0.29) is 24.5 Å². The van der Waals surface area contributed by atoms with Gasteiger partial charge >= 0.3 is 5.97 Å². The van der Waals surface area contributed by atoms with Crippen LogP contribution in [0.3, 0.4) is 0 Å². The van der Waals surface area contributed by atoms with E-state index in [0.29, 0.717) is 6.54 Å². The first kappa shape index (κ1) is 13.5. The molecular formula is C12H23NO3. The summed E-state index contributed by atoms with van der Waals surface area (Å²) in [6, 6.07) is 0.217. The van der Waals surface area contributed by atoms with E-state index in [1.54, 1.807) is 0 Å². The quantitative estimate of drug-likeness (QED) is 0.732. The second-order valence-electron chi connectivity index (χ2n) is 4.60. The molecule has 0 aromatic carbocycles. The largest absolute Gasteiger partial charge is 0.469 e. The van der Waals surface area contributed by atoms with Gasteiger partial charge in [-0.2, -0.15) is 0 Å². The number of carbonyl (C=O) groups is 1. The number of carbonyl (C=O) groups excluding carboxylic acids is 1. The maximum atomic E-state index is 11.4. The molecule has 0 bridgehead atoms. The van der Waals surface area contributed by atoms with Gasteiger partial charge in [0, 0.05) is 12.6 Å². The molecule has 4 nitrogen and oxygen atoms in total. The molecule has 1 rings (SSSR count). The molecule has 94 valence electrons. The highest BCUT2D eigenvalue weighted by Crippen LogP contribution is 2.18. The third-order valence-corrected chi connectivity index (χ3v) is 3.32. The molecule has 0 radical (unpaired) electrons. The molecule has 1 aliphatic heterocycles. The van der Waals surface area contributed by atoms with E-state index in [1.165, 1.54) is 20.0 Å². The van der Waals surface area contributed by atoms with Crippen LogP contribution in [0.1, 0.15) is 32.6 Å². The molecule has 1 saturated heterocycles. The SMILES string of the molecule is COC(=O)C(C)CN1CCCCCC1CO. The van der Waals surface area contributed by atoms with Crippen LogP contribution < -0.4 is 0 Å². The minimum absolute atomic E-state index is 0.114. The molecule has 0 spiro atoms. The predicted molar refractivity (Wildman–Crippen MR) is 62.1 cm³/mol. The van der Waals surface area contributed by atoms with Gasteiger partial charge in [-0.25, -0.2) is 0 Å². The van der Waals surface area contributed by atoms with E-state index < -0.39 is 0 Å². The predicted octanol–water partition coefficient (Wildman–Crippen LogP) is 1.03. The van der Waals surface area contributed by atoms with Gasteiger partial charge in [-0.3, -0.25) is 9.69 Å². The summed E-state index contributed by atoms with van der Waals surface area (Å²) < 4.78 is 4.73. The molecule has 2 unspecified atom stereocenters. The normalized spacial score (nSPS) is 24.8. The molecule has 1 fully saturated rings. The van der Waals surface area contributed by atoms with E-state index in [9.17, 15) is 9.90 Å². The van der Waals surface area contributed by atoms with E-state index >= 15 is 0 Å². The van der Waals surface area contributed by atoms with Crippen LogP contribution >= 0.6 is 0 Å². The van der Waals surface area contributed by atoms with Crippen molar-refractivity contribution < 1.29 is 14.6 Å². The van der Waals surface area contributed by atoms with Crippen LogP contribution in [0.25, 0.3) is 0 Å². The smallest absolute Gasteiger partial charge is 0.309 e. The van der Waals surface area contributed by atoms with Crippen molar-refractivity contribution in [2.75, 3.05) is 26.8 Å². The molecule has 0 amide bonds. The zero-order chi connectivity index (χ0) is 12.0. The Kier molecular flexibility index (Phi) is 5.77. The number of likely N-dealkylation sites (tertiary alicyclic amines) is 1. The minimum atomic E-state index is -0.166. The number of methoxy groups -OCH3 is 1. The first-order chi connectivity index (χ1) is 7.69. The van der Waals surface area contributed by atoms with Crippen molar-refractivity contribution in [1.29, 1.82) is 0 Å². The van der Waals surface area contributed by atoms with E-state index in [0.717, 1.165) is 19.4 Å². The summed E-state index contributed by atoms with van der Waals surface area (Å²) in [5.41, 5.74) is 0. The number of aliphatic hydroxyl groups is 1. The van der Waals surface area contributed by atoms with Crippen LogP contribution in [0.5, 0.6) is 0 Å². The van der Waals surface area contributed by atoms with Gasteiger partial charge in [-0.15, -0.1) is 0 Å². The Morgan fingerprint density at radius 3 is 2.88 bits per heavy atom. The van der Waals surface area contributed by atoms with Crippen molar-refractivity contribution in [2.24, 2.45) is 5.92 Å². The van der Waals surface area contributed by atoms with Crippen LogP contribution in [-0.2, 0) is 9.53 Å². The number of hydrogen-bond acceptors (Lipinski definition) is 4. The Labute approximate surface area is 97.6 Å². The van der Waals surface area contributed by atoms with E-state index in [1.807, 2.05) is 6.92 Å². The average molecular weight is 229 g/mol. The molecule has 0 aromatic heterocycles. The zero-order valence-electron chi connectivity index (χ0n) is 10.3. The Morgan fingerprint density at radius 2 is 2.25 bits per heavy atom. The van der Waals surface area contributed by atoms with Crippen molar-refractivity contribution in [1.82, 2.24) is 4.90 Å². The maximum absolute atomic E-state index is 11.4. The van der Waals surface area contributed by atoms with Gasteiger partial charge in [-0.1, -0.05) is 19.8 Å². The molecule has 2 atom stereocenters. The monoisotopic (exact) mass is 229 g/mol. The molecule has 1 aliphatic rings. The van der Waals surface area contributed by atoms with Gasteiger partial charge in [0.05, 0.1) is 19.6 Å². The topological polar surface area (TPSA) is 49.8 Å². The van der Waals surface area contributed by atoms with Gasteiger partial charge in [0.15, 0.2) is 0 Å². The summed E-state index contributed by atoms with van der Waals surface area (Å²) >= 11 is 0. The third-order valence-electron chi connectivity index (χ3n) is 3.32. The molecular weight excluding hydrogens is 206 g/mol. The molecule has 4 heteroatoms. The summed E-state index contributed by atoms with van der Waals surface area (Å²) in [6.45, 7) is 3.74. The Hall–Kier alpha value is -0.610. The molecule has 1 heterocycles. The van der Waals surface area contributed by atoms with Crippen LogP contribution in [0.15, 0.2) is 0 Å². The Bertz CT molecular complexity index is 220. The van der Waals surface area contributed by atoms with Crippen LogP contribution in [0, 0.1) is 5.92 Å². The lowest BCUT2D eigenvalue weighted by molar-refractivity contribution is -0.145. The van der Waals surface area contributed by atoms with Gasteiger partial charge < -0.3 is 9.84 Å². The fourth-order valence-corrected chi connectivity index (χ4v) is 2.31. The first-order valence-corrected chi connectivity index (χ1v) is 6.11. The van der Waals surface area contributed by atoms with Gasteiger partial charge in [0.25, 0.3) is 0 Å². The standard InChI is InChI=1S/C12H23NO3/c1-10(12(15)16-2)8-13-7-5-3-4-6-11(13)9-14/h10-11,14H,3-9H2,1-2H3. The average Bonchev–Trinajstić information content (AvgIpc) is 2.52. The van der Waals surface area contributed by atoms with Crippen molar-refractivity contribution in [2.45, 2.75) is 38.6 Å². The lowest BCUT2D eigenvalue weighted by atomic mass is 10.1. The zero-order valence-corrected chi connectivity index (χ0v) is 10.3. The van der Waals surface area contributed by atoms with Gasteiger partial charge in [0.2, 0.25) is 0 Å². The van der Waals surface area contributed by atoms with Crippen molar-refractivity contribution in [3.8, 4) is 0 Å². The number of nitrogens with zero attached hydrogens (tertiary/aromatic N) is 1. The third kappa shape index (κ3) is 3.76. The van der Waals surface area contributed by atoms with E-state index in [2.05, 4.69) is 4.90 Å². The van der Waals surface area contributed by atoms with Crippen molar-refractivity contribution >= 4 is 5.97 Å². The second-order valence-corrected chi connectivity index (χ2v) is 4.60.